The van der Waals surface area contributed by atoms with Gasteiger partial charge < -0.3 is 10.6 Å². The minimum Gasteiger partial charge on any atom is -0.338 e. The number of hydrogen-bond donors (Lipinski definition) is 1. The molecule has 0 saturated carbocycles. The van der Waals surface area contributed by atoms with Gasteiger partial charge in [-0.3, -0.25) is 4.79 Å². The van der Waals surface area contributed by atoms with E-state index in [-0.39, 0.29) is 24.4 Å². The van der Waals surface area contributed by atoms with Gasteiger partial charge in [-0.15, -0.1) is 12.4 Å². The normalized spacial score (nSPS) is 22.8. The van der Waals surface area contributed by atoms with E-state index >= 15 is 0 Å². The van der Waals surface area contributed by atoms with Crippen LogP contribution in [0.2, 0.25) is 0 Å². The predicted octanol–water partition coefficient (Wildman–Crippen LogP) is 2.99. The molecular weight excluding hydrogens is 328 g/mol. The topological polar surface area (TPSA) is 46.3 Å². The third-order valence-electron chi connectivity index (χ3n) is 3.61. The van der Waals surface area contributed by atoms with Crippen molar-refractivity contribution < 1.29 is 4.79 Å². The molecule has 2 N–H and O–H groups in total. The zero-order valence-corrected chi connectivity index (χ0v) is 13.6. The molecule has 2 unspecified atom stereocenters. The lowest BCUT2D eigenvalue weighted by atomic mass is 9.94. The maximum absolute atomic E-state index is 12.4. The van der Waals surface area contributed by atoms with Gasteiger partial charge in [0.2, 0.25) is 0 Å². The van der Waals surface area contributed by atoms with Crippen molar-refractivity contribution in [3.63, 3.8) is 0 Å². The van der Waals surface area contributed by atoms with Crippen LogP contribution in [0.5, 0.6) is 0 Å². The molecule has 1 amide bonds. The highest BCUT2D eigenvalue weighted by Crippen LogP contribution is 2.23. The van der Waals surface area contributed by atoms with E-state index in [9.17, 15) is 4.79 Å². The fourth-order valence-corrected chi connectivity index (χ4v) is 2.97. The summed E-state index contributed by atoms with van der Waals surface area (Å²) in [5.41, 5.74) is 7.87. The van der Waals surface area contributed by atoms with Crippen LogP contribution in [0.3, 0.4) is 0 Å². The quantitative estimate of drug-likeness (QED) is 0.849. The SMILES string of the molecule is Cc1ccc(C(=O)N2CCC(N)C(C)C2)c(Br)c1.Cl. The number of nitrogens with zero attached hydrogens (tertiary/aromatic N) is 1. The van der Waals surface area contributed by atoms with Gasteiger partial charge in [-0.05, 0) is 52.9 Å². The molecule has 1 aromatic carbocycles. The summed E-state index contributed by atoms with van der Waals surface area (Å²) < 4.78 is 0.870. The van der Waals surface area contributed by atoms with Gasteiger partial charge in [0.05, 0.1) is 5.56 Å². The Morgan fingerprint density at radius 2 is 2.16 bits per heavy atom. The molecule has 0 aliphatic carbocycles. The van der Waals surface area contributed by atoms with Crippen molar-refractivity contribution in [3.8, 4) is 0 Å². The first kappa shape index (κ1) is 16.5. The molecule has 1 saturated heterocycles. The molecule has 1 heterocycles. The van der Waals surface area contributed by atoms with Crippen LogP contribution in [-0.4, -0.2) is 29.9 Å². The third kappa shape index (κ3) is 3.71. The highest BCUT2D eigenvalue weighted by Gasteiger charge is 2.27. The van der Waals surface area contributed by atoms with Crippen LogP contribution in [0.25, 0.3) is 0 Å². The van der Waals surface area contributed by atoms with Crippen LogP contribution in [0.15, 0.2) is 22.7 Å². The average Bonchev–Trinajstić information content (AvgIpc) is 2.32. The van der Waals surface area contributed by atoms with Crippen molar-refractivity contribution in [2.45, 2.75) is 26.3 Å². The van der Waals surface area contributed by atoms with Crippen LogP contribution in [-0.2, 0) is 0 Å². The van der Waals surface area contributed by atoms with E-state index in [2.05, 4.69) is 22.9 Å². The summed E-state index contributed by atoms with van der Waals surface area (Å²) in [4.78, 5) is 14.3. The van der Waals surface area contributed by atoms with Crippen molar-refractivity contribution in [3.05, 3.63) is 33.8 Å². The van der Waals surface area contributed by atoms with E-state index in [1.165, 1.54) is 0 Å². The van der Waals surface area contributed by atoms with Crippen molar-refractivity contribution >= 4 is 34.2 Å². The van der Waals surface area contributed by atoms with Crippen molar-refractivity contribution in [1.29, 1.82) is 0 Å². The molecule has 2 atom stereocenters. The summed E-state index contributed by atoms with van der Waals surface area (Å²) in [6.07, 6.45) is 0.885. The van der Waals surface area contributed by atoms with Gasteiger partial charge in [0, 0.05) is 23.6 Å². The van der Waals surface area contributed by atoms with Crippen LogP contribution in [0.4, 0.5) is 0 Å². The molecule has 1 aliphatic heterocycles. The highest BCUT2D eigenvalue weighted by molar-refractivity contribution is 9.10. The van der Waals surface area contributed by atoms with Gasteiger partial charge in [-0.25, -0.2) is 0 Å². The molecule has 1 aromatic rings. The summed E-state index contributed by atoms with van der Waals surface area (Å²) in [5.74, 6) is 0.465. The van der Waals surface area contributed by atoms with Crippen LogP contribution in [0.1, 0.15) is 29.3 Å². The number of benzene rings is 1. The lowest BCUT2D eigenvalue weighted by molar-refractivity contribution is 0.0663. The summed E-state index contributed by atoms with van der Waals surface area (Å²) >= 11 is 3.47. The van der Waals surface area contributed by atoms with E-state index < -0.39 is 0 Å². The first-order valence-electron chi connectivity index (χ1n) is 6.30. The Hall–Kier alpha value is -0.580. The molecule has 2 rings (SSSR count). The molecular formula is C14H20BrClN2O. The van der Waals surface area contributed by atoms with Crippen molar-refractivity contribution in [1.82, 2.24) is 4.90 Å². The van der Waals surface area contributed by atoms with E-state index in [1.807, 2.05) is 30.0 Å². The van der Waals surface area contributed by atoms with Gasteiger partial charge >= 0.3 is 0 Å². The number of likely N-dealkylation sites (tertiary alicyclic amines) is 1. The third-order valence-corrected chi connectivity index (χ3v) is 4.27. The number of halogens is 2. The number of amides is 1. The van der Waals surface area contributed by atoms with Crippen molar-refractivity contribution in [2.24, 2.45) is 11.7 Å². The second-order valence-corrected chi connectivity index (χ2v) is 6.02. The van der Waals surface area contributed by atoms with Crippen LogP contribution in [0, 0.1) is 12.8 Å². The minimum atomic E-state index is 0. The minimum absolute atomic E-state index is 0. The fourth-order valence-electron chi connectivity index (χ4n) is 2.31. The van der Waals surface area contributed by atoms with Gasteiger partial charge in [-0.2, -0.15) is 0 Å². The molecule has 0 radical (unpaired) electrons. The molecule has 5 heteroatoms. The van der Waals surface area contributed by atoms with E-state index in [0.717, 1.165) is 35.1 Å². The largest absolute Gasteiger partial charge is 0.338 e. The Bertz CT molecular complexity index is 467. The molecule has 0 spiro atoms. The number of piperidine rings is 1. The standard InChI is InChI=1S/C14H19BrN2O.ClH/c1-9-3-4-11(12(15)7-9)14(18)17-6-5-13(16)10(2)8-17;/h3-4,7,10,13H,5-6,8,16H2,1-2H3;1H. The fraction of sp³-hybridized carbons (Fsp3) is 0.500. The Labute approximate surface area is 129 Å². The van der Waals surface area contributed by atoms with E-state index in [4.69, 9.17) is 5.73 Å². The Balaban J connectivity index is 0.00000180. The molecule has 1 fully saturated rings. The number of nitrogens with two attached hydrogens (primary N) is 1. The van der Waals surface area contributed by atoms with E-state index in [0.29, 0.717) is 5.92 Å². The Kier molecular flexibility index (Phi) is 5.83. The van der Waals surface area contributed by atoms with Gasteiger partial charge in [0.15, 0.2) is 0 Å². The second kappa shape index (κ2) is 6.73. The number of carbonyl (C=O) groups is 1. The van der Waals surface area contributed by atoms with Gasteiger partial charge in [0.1, 0.15) is 0 Å². The number of rotatable bonds is 1. The highest BCUT2D eigenvalue weighted by atomic mass is 79.9. The average molecular weight is 348 g/mol. The smallest absolute Gasteiger partial charge is 0.255 e. The first-order chi connectivity index (χ1) is 8.49. The zero-order valence-electron chi connectivity index (χ0n) is 11.2. The lowest BCUT2D eigenvalue weighted by Gasteiger charge is -2.35. The maximum atomic E-state index is 12.4. The summed E-state index contributed by atoms with van der Waals surface area (Å²) in [5, 5.41) is 0. The molecule has 19 heavy (non-hydrogen) atoms. The number of hydrogen-bond acceptors (Lipinski definition) is 2. The molecule has 0 bridgehead atoms. The molecule has 0 aromatic heterocycles. The predicted molar refractivity (Wildman–Crippen MR) is 83.8 cm³/mol. The number of aryl methyl sites for hydroxylation is 1. The van der Waals surface area contributed by atoms with Gasteiger partial charge in [0.25, 0.3) is 5.91 Å². The van der Waals surface area contributed by atoms with E-state index in [1.54, 1.807) is 0 Å². The van der Waals surface area contributed by atoms with Crippen LogP contribution < -0.4 is 5.73 Å². The lowest BCUT2D eigenvalue weighted by Crippen LogP contribution is -2.48. The first-order valence-corrected chi connectivity index (χ1v) is 7.09. The molecule has 3 nitrogen and oxygen atoms in total. The Morgan fingerprint density at radius 1 is 1.47 bits per heavy atom. The van der Waals surface area contributed by atoms with Crippen molar-refractivity contribution in [2.75, 3.05) is 13.1 Å². The number of carbonyl (C=O) groups excluding carboxylic acids is 1. The monoisotopic (exact) mass is 346 g/mol. The Morgan fingerprint density at radius 3 is 2.74 bits per heavy atom. The molecule has 1 aliphatic rings. The summed E-state index contributed by atoms with van der Waals surface area (Å²) in [6, 6.07) is 6.06. The van der Waals surface area contributed by atoms with Gasteiger partial charge in [-0.1, -0.05) is 13.0 Å². The summed E-state index contributed by atoms with van der Waals surface area (Å²) in [7, 11) is 0. The molecule has 106 valence electrons. The zero-order chi connectivity index (χ0) is 13.3. The summed E-state index contributed by atoms with van der Waals surface area (Å²) in [6.45, 7) is 5.63. The maximum Gasteiger partial charge on any atom is 0.255 e. The van der Waals surface area contributed by atoms with Crippen LogP contribution >= 0.6 is 28.3 Å². The second-order valence-electron chi connectivity index (χ2n) is 5.16.